The summed E-state index contributed by atoms with van der Waals surface area (Å²) in [6.45, 7) is 1.38. The van der Waals surface area contributed by atoms with Crippen molar-refractivity contribution in [3.05, 3.63) is 81.7 Å². The number of nitrogens with one attached hydrogen (secondary N) is 1. The first-order valence-electron chi connectivity index (χ1n) is 8.61. The summed E-state index contributed by atoms with van der Waals surface area (Å²) in [6, 6.07) is 14.2. The highest BCUT2D eigenvalue weighted by Crippen LogP contribution is 2.14. The number of aromatic nitrogens is 2. The van der Waals surface area contributed by atoms with E-state index in [0.29, 0.717) is 9.16 Å². The largest absolute Gasteiger partial charge is 0.805 e. The molecular weight excluding hydrogens is 362 g/mol. The molecule has 1 atom stereocenters. The van der Waals surface area contributed by atoms with Crippen molar-refractivity contribution in [2.75, 3.05) is 7.11 Å². The molecule has 1 N–H and O–H groups in total. The molecule has 0 aliphatic heterocycles. The molecule has 3 rings (SSSR count). The van der Waals surface area contributed by atoms with Crippen LogP contribution in [0.4, 0.5) is 0 Å². The van der Waals surface area contributed by atoms with E-state index in [1.54, 1.807) is 12.1 Å². The third-order valence-electron chi connectivity index (χ3n) is 4.46. The van der Waals surface area contributed by atoms with Crippen LogP contribution in [0.3, 0.4) is 0 Å². The van der Waals surface area contributed by atoms with E-state index < -0.39 is 17.9 Å². The Bertz CT molecular complexity index is 1090. The standard InChI is InChI=1S/C20H19N3O5/c1-13-18(23(27)17-11-7-6-10-16(17)22(13)26)19(24)21-15(20(25)28-2)12-14-8-4-3-5-9-14/h3-11,15H,12H2,1-2H3,(H,21,24). The molecule has 0 saturated carbocycles. The van der Waals surface area contributed by atoms with Gasteiger partial charge in [0.05, 0.1) is 17.2 Å². The fourth-order valence-corrected chi connectivity index (χ4v) is 3.02. The highest BCUT2D eigenvalue weighted by Gasteiger charge is 2.31. The van der Waals surface area contributed by atoms with Gasteiger partial charge in [0.15, 0.2) is 0 Å². The van der Waals surface area contributed by atoms with E-state index >= 15 is 0 Å². The lowest BCUT2D eigenvalue weighted by Gasteiger charge is -2.18. The average Bonchev–Trinajstić information content (AvgIpc) is 2.72. The molecule has 8 heteroatoms. The number of rotatable bonds is 5. The third-order valence-corrected chi connectivity index (χ3v) is 4.46. The van der Waals surface area contributed by atoms with Crippen molar-refractivity contribution < 1.29 is 18.8 Å². The topological polar surface area (TPSA) is 106 Å². The molecule has 144 valence electrons. The predicted molar refractivity (Wildman–Crippen MR) is 102 cm³/mol. The smallest absolute Gasteiger partial charge is 0.346 e. The van der Waals surface area contributed by atoms with Gasteiger partial charge >= 0.3 is 17.6 Å². The van der Waals surface area contributed by atoms with Gasteiger partial charge in [-0.05, 0) is 18.6 Å². The Morgan fingerprint density at radius 1 is 1.14 bits per heavy atom. The molecule has 0 bridgehead atoms. The van der Waals surface area contributed by atoms with Gasteiger partial charge in [0.25, 0.3) is 5.52 Å². The van der Waals surface area contributed by atoms with Crippen LogP contribution in [0.25, 0.3) is 11.0 Å². The van der Waals surface area contributed by atoms with Gasteiger partial charge in [-0.15, -0.1) is 0 Å². The summed E-state index contributed by atoms with van der Waals surface area (Å²) in [5, 5.41) is 15.0. The van der Waals surface area contributed by atoms with Gasteiger partial charge in [-0.1, -0.05) is 42.5 Å². The normalized spacial score (nSPS) is 11.8. The van der Waals surface area contributed by atoms with E-state index in [2.05, 4.69) is 5.32 Å². The SMILES string of the molecule is COC(=O)C(Cc1ccccc1)NC(=O)c1c(C)n([O-])c2ccccc2[n+]1=O. The first kappa shape index (κ1) is 19.1. The Hall–Kier alpha value is -3.68. The number of methoxy groups -OCH3 is 1. The molecule has 1 unspecified atom stereocenters. The Morgan fingerprint density at radius 3 is 2.46 bits per heavy atom. The molecule has 1 amide bonds. The summed E-state index contributed by atoms with van der Waals surface area (Å²) >= 11 is 0. The number of esters is 1. The highest BCUT2D eigenvalue weighted by molar-refractivity contribution is 5.95. The molecule has 0 spiro atoms. The summed E-state index contributed by atoms with van der Waals surface area (Å²) < 4.78 is 5.71. The van der Waals surface area contributed by atoms with Crippen LogP contribution in [0.1, 0.15) is 21.7 Å². The van der Waals surface area contributed by atoms with Gasteiger partial charge in [-0.3, -0.25) is 4.79 Å². The molecule has 28 heavy (non-hydrogen) atoms. The van der Waals surface area contributed by atoms with E-state index in [1.807, 2.05) is 30.3 Å². The van der Waals surface area contributed by atoms with Crippen LogP contribution < -0.4 is 9.74 Å². The fraction of sp³-hybridized carbons (Fsp3) is 0.200. The predicted octanol–water partition coefficient (Wildman–Crippen LogP) is 1.72. The third kappa shape index (κ3) is 3.57. The zero-order valence-electron chi connectivity index (χ0n) is 15.4. The van der Waals surface area contributed by atoms with Crippen molar-refractivity contribution in [3.8, 4) is 0 Å². The lowest BCUT2D eigenvalue weighted by Crippen LogP contribution is -2.46. The molecule has 2 aromatic carbocycles. The second kappa shape index (κ2) is 7.91. The molecule has 1 aromatic heterocycles. The number of fused-ring (bicyclic) bond motifs is 1. The Morgan fingerprint density at radius 2 is 1.79 bits per heavy atom. The minimum atomic E-state index is -1.01. The maximum absolute atomic E-state index is 12.8. The summed E-state index contributed by atoms with van der Waals surface area (Å²) in [4.78, 5) is 37.7. The number of nitrogens with zero attached hydrogens (tertiary/aromatic N) is 2. The van der Waals surface area contributed by atoms with Gasteiger partial charge in [0, 0.05) is 17.4 Å². The van der Waals surface area contributed by atoms with E-state index in [-0.39, 0.29) is 28.8 Å². The maximum Gasteiger partial charge on any atom is 0.346 e. The van der Waals surface area contributed by atoms with Crippen molar-refractivity contribution >= 4 is 22.9 Å². The minimum absolute atomic E-state index is 0.0606. The van der Waals surface area contributed by atoms with Crippen LogP contribution in [0, 0.1) is 17.0 Å². The van der Waals surface area contributed by atoms with E-state index in [1.165, 1.54) is 26.2 Å². The summed E-state index contributed by atoms with van der Waals surface area (Å²) in [6.07, 6.45) is 0.183. The fourth-order valence-electron chi connectivity index (χ4n) is 3.02. The molecule has 0 fully saturated rings. The molecular formula is C20H19N3O5. The molecule has 0 aliphatic rings. The number of ether oxygens (including phenoxy) is 1. The number of benzene rings is 2. The van der Waals surface area contributed by atoms with E-state index in [9.17, 15) is 19.7 Å². The molecule has 0 aliphatic carbocycles. The quantitative estimate of drug-likeness (QED) is 0.535. The van der Waals surface area contributed by atoms with Crippen molar-refractivity contribution in [3.63, 3.8) is 0 Å². The van der Waals surface area contributed by atoms with Crippen LogP contribution in [-0.4, -0.2) is 29.8 Å². The molecule has 0 saturated heterocycles. The number of amides is 1. The van der Waals surface area contributed by atoms with Crippen LogP contribution in [0.5, 0.6) is 0 Å². The van der Waals surface area contributed by atoms with Gasteiger partial charge in [0.2, 0.25) is 0 Å². The van der Waals surface area contributed by atoms with Crippen LogP contribution in [-0.2, 0) is 16.0 Å². The number of para-hydroxylation sites is 2. The van der Waals surface area contributed by atoms with Crippen molar-refractivity contribution in [1.82, 2.24) is 10.0 Å². The van der Waals surface area contributed by atoms with Crippen molar-refractivity contribution in [1.29, 1.82) is 0 Å². The maximum atomic E-state index is 12.8. The monoisotopic (exact) mass is 381 g/mol. The molecule has 0 radical (unpaired) electrons. The van der Waals surface area contributed by atoms with Crippen LogP contribution in [0.15, 0.2) is 54.6 Å². The summed E-state index contributed by atoms with van der Waals surface area (Å²) in [5.41, 5.74) is 0.596. The van der Waals surface area contributed by atoms with E-state index in [0.717, 1.165) is 5.56 Å². The Labute approximate surface area is 160 Å². The highest BCUT2D eigenvalue weighted by atomic mass is 16.5. The molecule has 1 heterocycles. The average molecular weight is 381 g/mol. The van der Waals surface area contributed by atoms with Gasteiger partial charge in [-0.2, -0.15) is 0 Å². The van der Waals surface area contributed by atoms with Crippen molar-refractivity contribution in [2.45, 2.75) is 19.4 Å². The van der Waals surface area contributed by atoms with Gasteiger partial charge < -0.3 is 20.0 Å². The summed E-state index contributed by atoms with van der Waals surface area (Å²) in [7, 11) is 1.22. The minimum Gasteiger partial charge on any atom is -0.805 e. The van der Waals surface area contributed by atoms with Crippen molar-refractivity contribution in [2.24, 2.45) is 0 Å². The zero-order chi connectivity index (χ0) is 20.3. The number of hydrogen-bond donors (Lipinski definition) is 1. The second-order valence-corrected chi connectivity index (χ2v) is 6.25. The Kier molecular flexibility index (Phi) is 5.39. The second-order valence-electron chi connectivity index (χ2n) is 6.25. The van der Waals surface area contributed by atoms with Crippen LogP contribution >= 0.6 is 0 Å². The van der Waals surface area contributed by atoms with Gasteiger partial charge in [0.1, 0.15) is 11.6 Å². The molecule has 3 aromatic rings. The lowest BCUT2D eigenvalue weighted by molar-refractivity contribution is -0.468. The summed E-state index contributed by atoms with van der Waals surface area (Å²) in [5.74, 6) is -1.47. The van der Waals surface area contributed by atoms with Gasteiger partial charge in [-0.25, -0.2) is 4.79 Å². The van der Waals surface area contributed by atoms with E-state index in [4.69, 9.17) is 4.74 Å². The van der Waals surface area contributed by atoms with Crippen LogP contribution in [0.2, 0.25) is 0 Å². The number of carbonyl (C=O) groups excluding carboxylic acids is 2. The Balaban J connectivity index is 1.98. The molecule has 8 nitrogen and oxygen atoms in total. The lowest BCUT2D eigenvalue weighted by atomic mass is 10.1. The first-order valence-corrected chi connectivity index (χ1v) is 8.61. The number of carbonyl (C=O) groups is 2. The number of hydrogen-bond acceptors (Lipinski definition) is 5. The zero-order valence-corrected chi connectivity index (χ0v) is 15.4. The first-order chi connectivity index (χ1) is 13.4.